The average Bonchev–Trinajstić information content (AvgIpc) is 2.55. The number of esters is 1. The van der Waals surface area contributed by atoms with Crippen LogP contribution < -0.4 is 15.4 Å². The number of phenolic OH excluding ortho intramolecular Hbond substituents is 1. The second-order valence-corrected chi connectivity index (χ2v) is 6.87. The second-order valence-electron chi connectivity index (χ2n) is 6.49. The van der Waals surface area contributed by atoms with Gasteiger partial charge in [0, 0.05) is 11.3 Å². The summed E-state index contributed by atoms with van der Waals surface area (Å²) in [5.74, 6) is -0.767. The molecular weight excluding hydrogens is 360 g/mol. The lowest BCUT2D eigenvalue weighted by atomic mass is 9.91. The van der Waals surface area contributed by atoms with Crippen LogP contribution in [-0.2, 0) is 9.53 Å². The highest BCUT2D eigenvalue weighted by molar-refractivity contribution is 6.33. The molecule has 1 aliphatic rings. The number of urea groups is 1. The van der Waals surface area contributed by atoms with E-state index in [9.17, 15) is 14.7 Å². The van der Waals surface area contributed by atoms with Crippen molar-refractivity contribution < 1.29 is 24.2 Å². The number of allylic oxidation sites excluding steroid dienone is 1. The van der Waals surface area contributed by atoms with Crippen molar-refractivity contribution in [2.24, 2.45) is 5.92 Å². The van der Waals surface area contributed by atoms with Crippen LogP contribution in [0.3, 0.4) is 0 Å². The highest BCUT2D eigenvalue weighted by atomic mass is 35.5. The average molecular weight is 383 g/mol. The van der Waals surface area contributed by atoms with Gasteiger partial charge >= 0.3 is 12.0 Å². The van der Waals surface area contributed by atoms with E-state index in [-0.39, 0.29) is 34.1 Å². The summed E-state index contributed by atoms with van der Waals surface area (Å²) in [6, 6.07) is 1.78. The molecule has 1 aromatic carbocycles. The molecule has 1 aliphatic heterocycles. The first-order chi connectivity index (χ1) is 12.2. The Labute approximate surface area is 157 Å². The lowest BCUT2D eigenvalue weighted by Gasteiger charge is -2.32. The number of aromatic hydroxyl groups is 1. The van der Waals surface area contributed by atoms with Gasteiger partial charge in [-0.15, -0.1) is 0 Å². The molecule has 0 bridgehead atoms. The minimum absolute atomic E-state index is 0.00509. The molecule has 0 aromatic heterocycles. The van der Waals surface area contributed by atoms with Crippen LogP contribution in [-0.4, -0.2) is 30.3 Å². The van der Waals surface area contributed by atoms with Crippen molar-refractivity contribution in [1.82, 2.24) is 10.6 Å². The number of methoxy groups -OCH3 is 1. The van der Waals surface area contributed by atoms with Gasteiger partial charge < -0.3 is 25.2 Å². The largest absolute Gasteiger partial charge is 0.503 e. The van der Waals surface area contributed by atoms with Crippen LogP contribution in [0.15, 0.2) is 23.4 Å². The van der Waals surface area contributed by atoms with Crippen LogP contribution in [0.5, 0.6) is 11.5 Å². The van der Waals surface area contributed by atoms with E-state index in [0.717, 1.165) is 0 Å². The number of rotatable bonds is 5. The van der Waals surface area contributed by atoms with E-state index in [2.05, 4.69) is 10.6 Å². The summed E-state index contributed by atoms with van der Waals surface area (Å²) < 4.78 is 10.4. The van der Waals surface area contributed by atoms with Gasteiger partial charge in [-0.25, -0.2) is 9.59 Å². The molecule has 2 rings (SSSR count). The fourth-order valence-electron chi connectivity index (χ4n) is 2.73. The zero-order valence-electron chi connectivity index (χ0n) is 15.3. The summed E-state index contributed by atoms with van der Waals surface area (Å²) in [7, 11) is 1.40. The van der Waals surface area contributed by atoms with E-state index in [1.54, 1.807) is 19.9 Å². The van der Waals surface area contributed by atoms with Crippen molar-refractivity contribution >= 4 is 23.6 Å². The number of ether oxygens (including phenoxy) is 2. The standard InChI is InChI=1S/C18H23ClN2O5/c1-8(2)14-12(17(23)26-9(3)4)15(21-18(24)20-14)10-6-7-11(25-5)16(22)13(10)19/h6-9,15,22H,1-5H3,(H2,20,21,24). The third-order valence-electron chi connectivity index (χ3n) is 3.88. The summed E-state index contributed by atoms with van der Waals surface area (Å²) in [6.07, 6.45) is -0.332. The molecule has 3 N–H and O–H groups in total. The summed E-state index contributed by atoms with van der Waals surface area (Å²) in [6.45, 7) is 7.19. The van der Waals surface area contributed by atoms with Gasteiger partial charge in [-0.05, 0) is 25.8 Å². The van der Waals surface area contributed by atoms with E-state index in [0.29, 0.717) is 11.3 Å². The molecule has 0 saturated heterocycles. The Bertz CT molecular complexity index is 758. The Hall–Kier alpha value is -2.41. The van der Waals surface area contributed by atoms with Crippen LogP contribution in [0.4, 0.5) is 4.79 Å². The maximum atomic E-state index is 12.7. The third kappa shape index (κ3) is 3.88. The maximum absolute atomic E-state index is 12.7. The molecule has 0 aliphatic carbocycles. The number of hydrogen-bond acceptors (Lipinski definition) is 5. The number of hydrogen-bond donors (Lipinski definition) is 3. The molecule has 0 spiro atoms. The molecular formula is C18H23ClN2O5. The highest BCUT2D eigenvalue weighted by Crippen LogP contribution is 2.42. The van der Waals surface area contributed by atoms with E-state index < -0.39 is 18.0 Å². The van der Waals surface area contributed by atoms with Gasteiger partial charge in [0.25, 0.3) is 0 Å². The Morgan fingerprint density at radius 2 is 1.92 bits per heavy atom. The van der Waals surface area contributed by atoms with Gasteiger partial charge in [0.2, 0.25) is 0 Å². The van der Waals surface area contributed by atoms with Crippen LogP contribution >= 0.6 is 11.6 Å². The van der Waals surface area contributed by atoms with Gasteiger partial charge in [0.05, 0.1) is 29.9 Å². The fraction of sp³-hybridized carbons (Fsp3) is 0.444. The molecule has 1 heterocycles. The Balaban J connectivity index is 2.64. The van der Waals surface area contributed by atoms with Crippen molar-refractivity contribution in [2.45, 2.75) is 39.8 Å². The van der Waals surface area contributed by atoms with E-state index in [1.165, 1.54) is 13.2 Å². The Kier molecular flexibility index (Phi) is 6.02. The summed E-state index contributed by atoms with van der Waals surface area (Å²) in [5, 5.41) is 15.6. The molecule has 0 fully saturated rings. The number of carbonyl (C=O) groups excluding carboxylic acids is 2. The Morgan fingerprint density at radius 3 is 2.46 bits per heavy atom. The molecule has 8 heteroatoms. The van der Waals surface area contributed by atoms with Gasteiger partial charge in [0.1, 0.15) is 0 Å². The third-order valence-corrected chi connectivity index (χ3v) is 4.28. The molecule has 7 nitrogen and oxygen atoms in total. The van der Waals surface area contributed by atoms with Gasteiger partial charge in [-0.1, -0.05) is 31.5 Å². The SMILES string of the molecule is COc1ccc(C2NC(=O)NC(C(C)C)=C2C(=O)OC(C)C)c(Cl)c1O. The van der Waals surface area contributed by atoms with Crippen molar-refractivity contribution in [1.29, 1.82) is 0 Å². The van der Waals surface area contributed by atoms with Gasteiger partial charge in [-0.3, -0.25) is 0 Å². The van der Waals surface area contributed by atoms with Crippen LogP contribution in [0.2, 0.25) is 5.02 Å². The lowest BCUT2D eigenvalue weighted by Crippen LogP contribution is -2.47. The van der Waals surface area contributed by atoms with Crippen LogP contribution in [0.1, 0.15) is 39.3 Å². The topological polar surface area (TPSA) is 96.9 Å². The van der Waals surface area contributed by atoms with Crippen molar-refractivity contribution in [3.8, 4) is 11.5 Å². The number of halogens is 1. The molecule has 26 heavy (non-hydrogen) atoms. The predicted molar refractivity (Wildman–Crippen MR) is 97.2 cm³/mol. The Morgan fingerprint density at radius 1 is 1.27 bits per heavy atom. The zero-order chi connectivity index (χ0) is 19.6. The molecule has 0 saturated carbocycles. The number of carbonyl (C=O) groups is 2. The van der Waals surface area contributed by atoms with Crippen molar-refractivity contribution in [3.05, 3.63) is 34.0 Å². The first-order valence-corrected chi connectivity index (χ1v) is 8.63. The summed E-state index contributed by atoms with van der Waals surface area (Å²) >= 11 is 6.28. The molecule has 2 amide bonds. The monoisotopic (exact) mass is 382 g/mol. The number of amides is 2. The van der Waals surface area contributed by atoms with Crippen LogP contribution in [0.25, 0.3) is 0 Å². The normalized spacial score (nSPS) is 17.2. The zero-order valence-corrected chi connectivity index (χ0v) is 16.1. The smallest absolute Gasteiger partial charge is 0.338 e. The van der Waals surface area contributed by atoms with Gasteiger partial charge in [-0.2, -0.15) is 0 Å². The van der Waals surface area contributed by atoms with Crippen molar-refractivity contribution in [3.63, 3.8) is 0 Å². The van der Waals surface area contributed by atoms with Crippen LogP contribution in [0, 0.1) is 5.92 Å². The fourth-order valence-corrected chi connectivity index (χ4v) is 2.99. The first-order valence-electron chi connectivity index (χ1n) is 8.25. The number of benzene rings is 1. The number of phenols is 1. The highest BCUT2D eigenvalue weighted by Gasteiger charge is 2.36. The maximum Gasteiger partial charge on any atom is 0.338 e. The predicted octanol–water partition coefficient (Wildman–Crippen LogP) is 3.27. The molecule has 142 valence electrons. The van der Waals surface area contributed by atoms with Gasteiger partial charge in [0.15, 0.2) is 11.5 Å². The summed E-state index contributed by atoms with van der Waals surface area (Å²) in [4.78, 5) is 24.9. The van der Waals surface area contributed by atoms with E-state index in [4.69, 9.17) is 21.1 Å². The quantitative estimate of drug-likeness (QED) is 0.679. The molecule has 1 atom stereocenters. The lowest BCUT2D eigenvalue weighted by molar-refractivity contribution is -0.143. The number of nitrogens with one attached hydrogen (secondary N) is 2. The van der Waals surface area contributed by atoms with Crippen molar-refractivity contribution in [2.75, 3.05) is 7.11 Å². The summed E-state index contributed by atoms with van der Waals surface area (Å²) in [5.41, 5.74) is 1.07. The molecule has 0 radical (unpaired) electrons. The minimum Gasteiger partial charge on any atom is -0.503 e. The minimum atomic E-state index is -0.864. The molecule has 1 unspecified atom stereocenters. The van der Waals surface area contributed by atoms with E-state index in [1.807, 2.05) is 13.8 Å². The van der Waals surface area contributed by atoms with E-state index >= 15 is 0 Å². The second kappa shape index (κ2) is 7.86. The first kappa shape index (κ1) is 19.9. The molecule has 1 aromatic rings.